The summed E-state index contributed by atoms with van der Waals surface area (Å²) in [7, 11) is 1.71. The summed E-state index contributed by atoms with van der Waals surface area (Å²) in [5.74, 6) is -0.183. The molecule has 142 valence electrons. The van der Waals surface area contributed by atoms with Crippen molar-refractivity contribution in [3.05, 3.63) is 50.6 Å². The fourth-order valence-corrected chi connectivity index (χ4v) is 5.47. The molecule has 8 heteroatoms. The summed E-state index contributed by atoms with van der Waals surface area (Å²) in [6.07, 6.45) is 3.07. The maximum absolute atomic E-state index is 12.9. The minimum absolute atomic E-state index is 0.0356. The molecule has 0 radical (unpaired) electrons. The zero-order chi connectivity index (χ0) is 19.8. The third-order valence-corrected chi connectivity index (χ3v) is 7.17. The molecule has 0 unspecified atom stereocenters. The second-order valence-corrected chi connectivity index (χ2v) is 9.13. The number of aryl methyl sites for hydroxylation is 2. The Morgan fingerprint density at radius 1 is 1.36 bits per heavy atom. The van der Waals surface area contributed by atoms with Crippen molar-refractivity contribution in [2.45, 2.75) is 36.6 Å². The van der Waals surface area contributed by atoms with Gasteiger partial charge in [-0.05, 0) is 56.0 Å². The van der Waals surface area contributed by atoms with Crippen molar-refractivity contribution in [3.8, 4) is 6.07 Å². The number of anilines is 1. The maximum Gasteiger partial charge on any atom is 0.262 e. The van der Waals surface area contributed by atoms with Gasteiger partial charge in [-0.1, -0.05) is 11.8 Å². The molecule has 0 bridgehead atoms. The van der Waals surface area contributed by atoms with Gasteiger partial charge in [-0.3, -0.25) is 14.2 Å². The van der Waals surface area contributed by atoms with E-state index in [9.17, 15) is 9.59 Å². The first-order valence-corrected chi connectivity index (χ1v) is 10.7. The average molecular weight is 411 g/mol. The quantitative estimate of drug-likeness (QED) is 0.526. The molecule has 3 aromatic rings. The van der Waals surface area contributed by atoms with Gasteiger partial charge in [-0.2, -0.15) is 5.26 Å². The Balaban J connectivity index is 1.55. The summed E-state index contributed by atoms with van der Waals surface area (Å²) in [4.78, 5) is 32.1. The number of amides is 1. The predicted octanol–water partition coefficient (Wildman–Crippen LogP) is 3.47. The van der Waals surface area contributed by atoms with E-state index >= 15 is 0 Å². The number of benzene rings is 1. The number of thiophene rings is 1. The highest BCUT2D eigenvalue weighted by Crippen LogP contribution is 2.35. The monoisotopic (exact) mass is 410 g/mol. The third kappa shape index (κ3) is 3.32. The predicted molar refractivity (Wildman–Crippen MR) is 112 cm³/mol. The number of carbonyl (C=O) groups is 1. The third-order valence-electron chi connectivity index (χ3n) is 4.84. The van der Waals surface area contributed by atoms with Crippen molar-refractivity contribution >= 4 is 44.9 Å². The van der Waals surface area contributed by atoms with Crippen LogP contribution in [0.2, 0.25) is 0 Å². The summed E-state index contributed by atoms with van der Waals surface area (Å²) >= 11 is 2.87. The van der Waals surface area contributed by atoms with Crippen molar-refractivity contribution in [1.29, 1.82) is 5.26 Å². The van der Waals surface area contributed by atoms with E-state index in [1.807, 2.05) is 6.07 Å². The number of nitrogens with one attached hydrogen (secondary N) is 1. The summed E-state index contributed by atoms with van der Waals surface area (Å²) in [5.41, 5.74) is 2.29. The summed E-state index contributed by atoms with van der Waals surface area (Å²) in [6, 6.07) is 8.75. The van der Waals surface area contributed by atoms with Gasteiger partial charge in [0.2, 0.25) is 5.91 Å². The van der Waals surface area contributed by atoms with Gasteiger partial charge in [0.15, 0.2) is 5.16 Å². The minimum Gasteiger partial charge on any atom is -0.325 e. The van der Waals surface area contributed by atoms with Crippen LogP contribution >= 0.6 is 23.1 Å². The second-order valence-electron chi connectivity index (χ2n) is 6.73. The van der Waals surface area contributed by atoms with E-state index in [0.717, 1.165) is 35.0 Å². The molecule has 1 aliphatic rings. The molecule has 1 aromatic carbocycles. The van der Waals surface area contributed by atoms with Gasteiger partial charge in [0.1, 0.15) is 4.83 Å². The molecular weight excluding hydrogens is 392 g/mol. The van der Waals surface area contributed by atoms with Crippen LogP contribution in [0, 0.1) is 11.3 Å². The average Bonchev–Trinajstić information content (AvgIpc) is 3.27. The van der Waals surface area contributed by atoms with E-state index in [1.165, 1.54) is 16.6 Å². The molecule has 0 aliphatic heterocycles. The molecule has 0 saturated heterocycles. The number of thioether (sulfide) groups is 1. The number of nitrogens with zero attached hydrogens (tertiary/aromatic N) is 3. The van der Waals surface area contributed by atoms with Gasteiger partial charge in [-0.15, -0.1) is 11.3 Å². The zero-order valence-corrected chi connectivity index (χ0v) is 17.1. The Morgan fingerprint density at radius 2 is 2.11 bits per heavy atom. The molecule has 1 atom stereocenters. The number of hydrogen-bond acceptors (Lipinski definition) is 6. The summed E-state index contributed by atoms with van der Waals surface area (Å²) in [5, 5.41) is 12.5. The highest BCUT2D eigenvalue weighted by molar-refractivity contribution is 8.00. The van der Waals surface area contributed by atoms with Crippen LogP contribution in [-0.4, -0.2) is 20.7 Å². The molecule has 2 aromatic heterocycles. The van der Waals surface area contributed by atoms with Crippen LogP contribution in [0.1, 0.15) is 29.3 Å². The molecule has 1 N–H and O–H groups in total. The van der Waals surface area contributed by atoms with Crippen LogP contribution in [0.3, 0.4) is 0 Å². The number of carbonyl (C=O) groups excluding carboxylic acids is 1. The Kier molecular flexibility index (Phi) is 4.96. The van der Waals surface area contributed by atoms with Crippen molar-refractivity contribution in [2.24, 2.45) is 7.05 Å². The molecule has 1 aliphatic carbocycles. The fourth-order valence-electron chi connectivity index (χ4n) is 3.29. The van der Waals surface area contributed by atoms with Crippen LogP contribution in [-0.2, 0) is 24.7 Å². The number of fused-ring (bicyclic) bond motifs is 3. The van der Waals surface area contributed by atoms with Crippen molar-refractivity contribution in [1.82, 2.24) is 9.55 Å². The lowest BCUT2D eigenvalue weighted by atomic mass is 10.2. The number of hydrogen-bond donors (Lipinski definition) is 1. The Labute approximate surface area is 170 Å². The van der Waals surface area contributed by atoms with E-state index in [-0.39, 0.29) is 11.5 Å². The van der Waals surface area contributed by atoms with Gasteiger partial charge >= 0.3 is 0 Å². The first-order valence-electron chi connectivity index (χ1n) is 8.97. The highest BCUT2D eigenvalue weighted by atomic mass is 32.2. The number of rotatable bonds is 4. The van der Waals surface area contributed by atoms with E-state index in [1.54, 1.807) is 54.1 Å². The topological polar surface area (TPSA) is 87.8 Å². The SMILES string of the molecule is C[C@H](Sc1nc2sc3c(c2c(=O)n1C)CCC3)C(=O)Nc1ccc(C#N)cc1. The molecule has 0 fully saturated rings. The maximum atomic E-state index is 12.9. The smallest absolute Gasteiger partial charge is 0.262 e. The molecule has 28 heavy (non-hydrogen) atoms. The van der Waals surface area contributed by atoms with Crippen molar-refractivity contribution in [2.75, 3.05) is 5.32 Å². The summed E-state index contributed by atoms with van der Waals surface area (Å²) < 4.78 is 1.55. The van der Waals surface area contributed by atoms with Crippen LogP contribution in [0.25, 0.3) is 10.2 Å². The van der Waals surface area contributed by atoms with Crippen LogP contribution in [0.4, 0.5) is 5.69 Å². The number of nitriles is 1. The Hall–Kier alpha value is -2.63. The first-order chi connectivity index (χ1) is 13.5. The standard InChI is InChI=1S/C20H18N4O2S2/c1-11(17(25)22-13-8-6-12(10-21)7-9-13)27-20-23-18-16(19(26)24(20)2)14-4-3-5-15(14)28-18/h6-9,11H,3-5H2,1-2H3,(H,22,25)/t11-/m0/s1. The van der Waals surface area contributed by atoms with E-state index < -0.39 is 5.25 Å². The van der Waals surface area contributed by atoms with Gasteiger partial charge in [0.25, 0.3) is 5.56 Å². The molecule has 6 nitrogen and oxygen atoms in total. The fraction of sp³-hybridized carbons (Fsp3) is 0.300. The normalized spacial score (nSPS) is 13.9. The largest absolute Gasteiger partial charge is 0.325 e. The van der Waals surface area contributed by atoms with Crippen LogP contribution in [0.5, 0.6) is 0 Å². The van der Waals surface area contributed by atoms with E-state index in [2.05, 4.69) is 10.3 Å². The zero-order valence-electron chi connectivity index (χ0n) is 15.5. The Morgan fingerprint density at radius 3 is 2.82 bits per heavy atom. The molecule has 1 amide bonds. The molecule has 0 spiro atoms. The van der Waals surface area contributed by atoms with E-state index in [0.29, 0.717) is 16.4 Å². The highest BCUT2D eigenvalue weighted by Gasteiger charge is 2.24. The summed E-state index contributed by atoms with van der Waals surface area (Å²) in [6.45, 7) is 1.79. The van der Waals surface area contributed by atoms with Crippen LogP contribution < -0.4 is 10.9 Å². The second kappa shape index (κ2) is 7.41. The minimum atomic E-state index is -0.432. The van der Waals surface area contributed by atoms with Crippen molar-refractivity contribution < 1.29 is 4.79 Å². The van der Waals surface area contributed by atoms with Crippen LogP contribution in [0.15, 0.2) is 34.2 Å². The molecule has 2 heterocycles. The Bertz CT molecular complexity index is 1170. The molecular formula is C20H18N4O2S2. The van der Waals surface area contributed by atoms with Gasteiger partial charge in [0.05, 0.1) is 22.3 Å². The molecule has 4 rings (SSSR count). The van der Waals surface area contributed by atoms with Gasteiger partial charge in [0, 0.05) is 17.6 Å². The first kappa shape index (κ1) is 18.7. The van der Waals surface area contributed by atoms with Crippen molar-refractivity contribution in [3.63, 3.8) is 0 Å². The lowest BCUT2D eigenvalue weighted by Crippen LogP contribution is -2.25. The lowest BCUT2D eigenvalue weighted by Gasteiger charge is -2.13. The lowest BCUT2D eigenvalue weighted by molar-refractivity contribution is -0.115. The van der Waals surface area contributed by atoms with E-state index in [4.69, 9.17) is 5.26 Å². The molecule has 0 saturated carbocycles. The number of aromatic nitrogens is 2. The van der Waals surface area contributed by atoms with Gasteiger partial charge < -0.3 is 5.32 Å². The van der Waals surface area contributed by atoms with Gasteiger partial charge in [-0.25, -0.2) is 4.98 Å².